The zero-order valence-electron chi connectivity index (χ0n) is 50.1. The van der Waals surface area contributed by atoms with E-state index in [1.54, 1.807) is 37.9 Å². The number of likely N-dealkylation sites (N-methyl/N-ethyl adjacent to an activating group) is 3. The van der Waals surface area contributed by atoms with Gasteiger partial charge >= 0.3 is 0 Å². The second-order valence-electron chi connectivity index (χ2n) is 22.6. The van der Waals surface area contributed by atoms with Gasteiger partial charge in [0.1, 0.15) is 6.04 Å². The van der Waals surface area contributed by atoms with Gasteiger partial charge in [0.2, 0.25) is 41.4 Å². The lowest BCUT2D eigenvalue weighted by Crippen LogP contribution is -2.60. The Labute approximate surface area is 480 Å². The number of unbranched alkanes of at least 4 members (excludes halogenated alkanes) is 2. The van der Waals surface area contributed by atoms with Crippen LogP contribution in [0.3, 0.4) is 0 Å². The summed E-state index contributed by atoms with van der Waals surface area (Å²) in [5.41, 5.74) is 6.71. The normalized spacial score (nSPS) is 17.4. The van der Waals surface area contributed by atoms with E-state index in [0.29, 0.717) is 64.6 Å². The van der Waals surface area contributed by atoms with Crippen molar-refractivity contribution in [3.05, 3.63) is 83.9 Å². The van der Waals surface area contributed by atoms with Crippen molar-refractivity contribution in [3.8, 4) is 0 Å². The summed E-state index contributed by atoms with van der Waals surface area (Å²) < 4.78 is 12.3. The highest BCUT2D eigenvalue weighted by Gasteiger charge is 2.44. The van der Waals surface area contributed by atoms with E-state index < -0.39 is 66.1 Å². The molecule has 2 aliphatic rings. The number of nitrogens with one attached hydrogen (secondary N) is 4. The molecule has 4 N–H and O–H groups in total. The Morgan fingerprint density at radius 2 is 1.27 bits per heavy atom. The van der Waals surface area contributed by atoms with Gasteiger partial charge in [-0.05, 0) is 81.6 Å². The predicted molar refractivity (Wildman–Crippen MR) is 309 cm³/mol. The van der Waals surface area contributed by atoms with Gasteiger partial charge in [0.15, 0.2) is 0 Å². The lowest BCUT2D eigenvalue weighted by atomic mass is 9.87. The van der Waals surface area contributed by atoms with E-state index in [4.69, 9.17) is 9.47 Å². The summed E-state index contributed by atoms with van der Waals surface area (Å²) in [7, 11) is 8.42. The Morgan fingerprint density at radius 1 is 0.704 bits per heavy atom. The van der Waals surface area contributed by atoms with Crippen molar-refractivity contribution in [2.75, 3.05) is 55.0 Å². The molecule has 0 bridgehead atoms. The molecule has 0 radical (unpaired) electrons. The number of imide groups is 2. The van der Waals surface area contributed by atoms with Crippen LogP contribution in [-0.4, -0.2) is 175 Å². The molecule has 9 atom stereocenters. The smallest absolute Gasteiger partial charge is 0.253 e. The zero-order chi connectivity index (χ0) is 59.9. The van der Waals surface area contributed by atoms with E-state index in [-0.39, 0.29) is 85.4 Å². The molecule has 20 nitrogen and oxygen atoms in total. The number of hydrazine groups is 1. The number of carbonyl (C=O) groups excluding carboxylic acids is 9. The third kappa shape index (κ3) is 20.0. The van der Waals surface area contributed by atoms with Crippen LogP contribution in [-0.2, 0) is 65.6 Å². The van der Waals surface area contributed by atoms with E-state index in [1.165, 1.54) is 19.3 Å². The fraction of sp³-hybridized carbons (Fsp3) is 0.623. The van der Waals surface area contributed by atoms with Gasteiger partial charge in [0, 0.05) is 78.4 Å². The first-order valence-corrected chi connectivity index (χ1v) is 28.9. The second-order valence-corrected chi connectivity index (χ2v) is 22.6. The molecule has 0 spiro atoms. The minimum atomic E-state index is -0.856. The zero-order valence-corrected chi connectivity index (χ0v) is 50.1. The van der Waals surface area contributed by atoms with Gasteiger partial charge in [-0.3, -0.25) is 74.0 Å². The van der Waals surface area contributed by atoms with Crippen molar-refractivity contribution >= 4 is 53.2 Å². The van der Waals surface area contributed by atoms with Gasteiger partial charge in [0.05, 0.1) is 42.7 Å². The van der Waals surface area contributed by atoms with Crippen LogP contribution in [0.1, 0.15) is 124 Å². The molecule has 1 saturated heterocycles. The minimum absolute atomic E-state index is 0.0200. The SMILES string of the molecule is CC[C@H](C)[C@@H]([C@@H](CC(=O)N1CCC[C@H]1[C@H](OC)[C@@H](C)C(=O)N[C@@H](Cc1ccccc1)C(=O)N(C)Cc1ccccc1)OC)N(C)[C@H](C(=O)NC(=O)[C@H](C(C)C)N(C)CCCC(=O)NNC(=O)CCCCCN1C(=O)C=CC1=O)C(C)C. The Balaban J connectivity index is 1.36. The van der Waals surface area contributed by atoms with Gasteiger partial charge in [-0.2, -0.15) is 0 Å². The van der Waals surface area contributed by atoms with Gasteiger partial charge in [-0.1, -0.05) is 122 Å². The van der Waals surface area contributed by atoms with Crippen molar-refractivity contribution in [2.45, 2.75) is 168 Å². The Bertz CT molecular complexity index is 2410. The third-order valence-corrected chi connectivity index (χ3v) is 15.9. The van der Waals surface area contributed by atoms with Gasteiger partial charge in [-0.15, -0.1) is 0 Å². The van der Waals surface area contributed by atoms with Crippen LogP contribution >= 0.6 is 0 Å². The van der Waals surface area contributed by atoms with Gasteiger partial charge in [-0.25, -0.2) is 0 Å². The highest BCUT2D eigenvalue weighted by molar-refractivity contribution is 6.12. The monoisotopic (exact) mass is 1130 g/mol. The number of carbonyl (C=O) groups is 9. The highest BCUT2D eigenvalue weighted by Crippen LogP contribution is 2.31. The Hall–Kier alpha value is -6.35. The van der Waals surface area contributed by atoms with Gasteiger partial charge in [0.25, 0.3) is 11.8 Å². The molecule has 2 aromatic rings. The summed E-state index contributed by atoms with van der Waals surface area (Å²) in [4.78, 5) is 128. The van der Waals surface area contributed by atoms with Crippen LogP contribution < -0.4 is 21.5 Å². The summed E-state index contributed by atoms with van der Waals surface area (Å²) in [5.74, 6) is -4.46. The van der Waals surface area contributed by atoms with Crippen molar-refractivity contribution in [2.24, 2.45) is 23.7 Å². The van der Waals surface area contributed by atoms with E-state index in [0.717, 1.165) is 16.0 Å². The van der Waals surface area contributed by atoms with Crippen molar-refractivity contribution < 1.29 is 52.6 Å². The Morgan fingerprint density at radius 3 is 1.83 bits per heavy atom. The number of hydrogen-bond acceptors (Lipinski definition) is 13. The number of amides is 9. The fourth-order valence-electron chi connectivity index (χ4n) is 11.4. The maximum absolute atomic E-state index is 14.7. The van der Waals surface area contributed by atoms with Crippen molar-refractivity contribution in [1.29, 1.82) is 0 Å². The molecule has 2 aliphatic heterocycles. The standard InChI is InChI=1S/C61H93N9O11/c1-13-42(6)56(68(10)55(41(4)5)60(78)63-59(77)54(40(2)3)66(8)34-24-31-50(72)65-64-49(71)30-21-16-22-35-70-51(73)32-33-52(70)74)48(80-11)38-53(75)69-36-23-29-47(69)57(81-12)43(7)58(76)62-46(37-44-25-17-14-18-26-44)61(79)67(9)39-45-27-19-15-20-28-45/h14-15,17-20,25-28,32-33,40-43,46-48,54-57H,13,16,21-24,29-31,34-39H2,1-12H3,(H,62,76)(H,64,71)(H,65,72)(H,63,77,78)/t42-,43+,46-,47-,48+,54-,55-,56-,57+/m0/s1. The van der Waals surface area contributed by atoms with Crippen LogP contribution in [0.2, 0.25) is 0 Å². The largest absolute Gasteiger partial charge is 0.379 e. The summed E-state index contributed by atoms with van der Waals surface area (Å²) in [6.45, 7) is 14.9. The Kier molecular flexibility index (Phi) is 27.8. The molecular weight excluding hydrogens is 1030 g/mol. The van der Waals surface area contributed by atoms with Crippen molar-refractivity contribution in [1.82, 2.24) is 46.0 Å². The quantitative estimate of drug-likeness (QED) is 0.0428. The summed E-state index contributed by atoms with van der Waals surface area (Å²) >= 11 is 0. The molecule has 0 aromatic heterocycles. The topological polar surface area (TPSA) is 236 Å². The van der Waals surface area contributed by atoms with Crippen LogP contribution in [0.25, 0.3) is 0 Å². The van der Waals surface area contributed by atoms with E-state index in [1.807, 2.05) is 112 Å². The molecule has 20 heteroatoms. The molecule has 4 rings (SSSR count). The van der Waals surface area contributed by atoms with Crippen LogP contribution in [0.5, 0.6) is 0 Å². The first-order valence-electron chi connectivity index (χ1n) is 28.9. The van der Waals surface area contributed by atoms with Gasteiger partial charge < -0.3 is 24.6 Å². The fourth-order valence-corrected chi connectivity index (χ4v) is 11.4. The number of likely N-dealkylation sites (tertiary alicyclic amines) is 1. The maximum Gasteiger partial charge on any atom is 0.253 e. The van der Waals surface area contributed by atoms with Crippen molar-refractivity contribution in [3.63, 3.8) is 0 Å². The first kappa shape index (κ1) is 67.2. The number of ether oxygens (including phenoxy) is 2. The minimum Gasteiger partial charge on any atom is -0.379 e. The number of rotatable bonds is 33. The highest BCUT2D eigenvalue weighted by atomic mass is 16.5. The molecule has 0 unspecified atom stereocenters. The lowest BCUT2D eigenvalue weighted by molar-refractivity contribution is -0.145. The molecule has 81 heavy (non-hydrogen) atoms. The number of methoxy groups -OCH3 is 2. The van der Waals surface area contributed by atoms with E-state index in [2.05, 4.69) is 28.4 Å². The molecule has 2 aromatic carbocycles. The van der Waals surface area contributed by atoms with Crippen LogP contribution in [0, 0.1) is 23.7 Å². The molecule has 0 saturated carbocycles. The van der Waals surface area contributed by atoms with E-state index >= 15 is 0 Å². The summed E-state index contributed by atoms with van der Waals surface area (Å²) in [5, 5.41) is 5.77. The maximum atomic E-state index is 14.7. The predicted octanol–water partition coefficient (Wildman–Crippen LogP) is 4.80. The molecule has 0 aliphatic carbocycles. The van der Waals surface area contributed by atoms with Crippen LogP contribution in [0.4, 0.5) is 0 Å². The molecule has 2 heterocycles. The molecule has 448 valence electrons. The number of hydrogen-bond donors (Lipinski definition) is 4. The van der Waals surface area contributed by atoms with Crippen LogP contribution in [0.15, 0.2) is 72.8 Å². The first-order chi connectivity index (χ1) is 38.5. The average Bonchev–Trinajstić information content (AvgIpc) is 4.10. The molecular formula is C61H93N9O11. The number of benzene rings is 2. The number of nitrogens with zero attached hydrogens (tertiary/aromatic N) is 5. The second kappa shape index (κ2) is 33.5. The summed E-state index contributed by atoms with van der Waals surface area (Å²) in [6, 6.07) is 16.0. The average molecular weight is 1130 g/mol. The lowest BCUT2D eigenvalue weighted by Gasteiger charge is -2.43. The molecule has 1 fully saturated rings. The molecule has 9 amide bonds. The summed E-state index contributed by atoms with van der Waals surface area (Å²) in [6.07, 6.45) is 5.65. The van der Waals surface area contributed by atoms with E-state index in [9.17, 15) is 43.2 Å². The third-order valence-electron chi connectivity index (χ3n) is 15.9.